The molecule has 0 radical (unpaired) electrons. The van der Waals surface area contributed by atoms with Crippen molar-refractivity contribution in [2.75, 3.05) is 4.72 Å². The van der Waals surface area contributed by atoms with Gasteiger partial charge in [-0.25, -0.2) is 18.2 Å². The van der Waals surface area contributed by atoms with E-state index in [0.717, 1.165) is 4.47 Å². The lowest BCUT2D eigenvalue weighted by Crippen LogP contribution is -2.18. The summed E-state index contributed by atoms with van der Waals surface area (Å²) in [5.74, 6) is -0.965. The Balaban J connectivity index is 1.64. The summed E-state index contributed by atoms with van der Waals surface area (Å²) in [6.45, 7) is 0. The predicted molar refractivity (Wildman–Crippen MR) is 113 cm³/mol. The van der Waals surface area contributed by atoms with E-state index in [2.05, 4.69) is 31.2 Å². The molecule has 0 aromatic heterocycles. The van der Waals surface area contributed by atoms with Crippen molar-refractivity contribution in [2.24, 2.45) is 5.10 Å². The molecule has 0 aliphatic heterocycles. The average Bonchev–Trinajstić information content (AvgIpc) is 2.70. The van der Waals surface area contributed by atoms with Gasteiger partial charge in [0, 0.05) is 21.3 Å². The summed E-state index contributed by atoms with van der Waals surface area (Å²) in [7, 11) is -3.74. The van der Waals surface area contributed by atoms with Crippen LogP contribution in [0.4, 0.5) is 10.1 Å². The van der Waals surface area contributed by atoms with Crippen LogP contribution in [0.25, 0.3) is 0 Å². The Kier molecular flexibility index (Phi) is 6.40. The molecule has 1 amide bonds. The number of carbonyl (C=O) groups excluding carboxylic acids is 1. The van der Waals surface area contributed by atoms with E-state index in [1.54, 1.807) is 24.3 Å². The molecule has 0 saturated carbocycles. The second kappa shape index (κ2) is 8.97. The van der Waals surface area contributed by atoms with Gasteiger partial charge in [-0.1, -0.05) is 34.1 Å². The molecule has 2 N–H and O–H groups in total. The molecule has 0 aliphatic rings. The van der Waals surface area contributed by atoms with Gasteiger partial charge in [-0.05, 0) is 54.6 Å². The first-order chi connectivity index (χ1) is 13.8. The van der Waals surface area contributed by atoms with Crippen molar-refractivity contribution >= 4 is 43.8 Å². The van der Waals surface area contributed by atoms with Crippen molar-refractivity contribution in [1.29, 1.82) is 0 Å². The number of sulfonamides is 1. The second-order valence-corrected chi connectivity index (χ2v) is 8.46. The Morgan fingerprint density at radius 1 is 0.966 bits per heavy atom. The molecule has 0 aliphatic carbocycles. The monoisotopic (exact) mass is 475 g/mol. The number of nitrogens with zero attached hydrogens (tertiary/aromatic N) is 1. The minimum atomic E-state index is -3.74. The zero-order valence-electron chi connectivity index (χ0n) is 14.8. The highest BCUT2D eigenvalue weighted by atomic mass is 79.9. The van der Waals surface area contributed by atoms with Gasteiger partial charge in [-0.15, -0.1) is 0 Å². The van der Waals surface area contributed by atoms with Crippen LogP contribution < -0.4 is 10.1 Å². The second-order valence-electron chi connectivity index (χ2n) is 5.86. The van der Waals surface area contributed by atoms with Gasteiger partial charge in [0.2, 0.25) is 0 Å². The number of halogens is 2. The Morgan fingerprint density at radius 3 is 2.28 bits per heavy atom. The molecular formula is C20H15BrFN3O3S. The summed E-state index contributed by atoms with van der Waals surface area (Å²) in [5, 5.41) is 3.73. The van der Waals surface area contributed by atoms with Crippen molar-refractivity contribution in [2.45, 2.75) is 4.90 Å². The van der Waals surface area contributed by atoms with E-state index in [1.165, 1.54) is 54.7 Å². The molecule has 3 aromatic carbocycles. The highest BCUT2D eigenvalue weighted by molar-refractivity contribution is 9.10. The lowest BCUT2D eigenvalue weighted by molar-refractivity contribution is 0.0955. The van der Waals surface area contributed by atoms with Gasteiger partial charge in [0.05, 0.1) is 11.1 Å². The third-order valence-electron chi connectivity index (χ3n) is 3.80. The summed E-state index contributed by atoms with van der Waals surface area (Å²) in [5.41, 5.74) is 3.11. The van der Waals surface area contributed by atoms with E-state index in [-0.39, 0.29) is 16.0 Å². The summed E-state index contributed by atoms with van der Waals surface area (Å²) < 4.78 is 41.5. The fraction of sp³-hybridized carbons (Fsp3) is 0. The third-order valence-corrected chi connectivity index (χ3v) is 5.72. The molecule has 3 rings (SSSR count). The minimum Gasteiger partial charge on any atom is -0.280 e. The zero-order chi connectivity index (χ0) is 20.9. The van der Waals surface area contributed by atoms with Crippen LogP contribution in [0, 0.1) is 5.82 Å². The molecule has 0 spiro atoms. The summed E-state index contributed by atoms with van der Waals surface area (Å²) >= 11 is 3.25. The van der Waals surface area contributed by atoms with Gasteiger partial charge in [0.25, 0.3) is 15.9 Å². The van der Waals surface area contributed by atoms with Crippen LogP contribution in [0.15, 0.2) is 87.3 Å². The van der Waals surface area contributed by atoms with Crippen molar-refractivity contribution in [3.8, 4) is 0 Å². The maximum atomic E-state index is 13.5. The number of hydrogen-bond donors (Lipinski definition) is 2. The smallest absolute Gasteiger partial charge is 0.271 e. The van der Waals surface area contributed by atoms with Crippen LogP contribution in [0.1, 0.15) is 15.9 Å². The van der Waals surface area contributed by atoms with Crippen molar-refractivity contribution in [3.63, 3.8) is 0 Å². The predicted octanol–water partition coefficient (Wildman–Crippen LogP) is 4.15. The van der Waals surface area contributed by atoms with Gasteiger partial charge in [-0.2, -0.15) is 5.10 Å². The first kappa shape index (κ1) is 20.7. The van der Waals surface area contributed by atoms with E-state index in [0.29, 0.717) is 5.69 Å². The van der Waals surface area contributed by atoms with Gasteiger partial charge in [0.15, 0.2) is 0 Å². The van der Waals surface area contributed by atoms with E-state index < -0.39 is 21.7 Å². The summed E-state index contributed by atoms with van der Waals surface area (Å²) in [6.07, 6.45) is 1.20. The topological polar surface area (TPSA) is 87.6 Å². The van der Waals surface area contributed by atoms with Crippen LogP contribution in [-0.4, -0.2) is 20.5 Å². The number of amides is 1. The Hall–Kier alpha value is -3.04. The normalized spacial score (nSPS) is 11.4. The average molecular weight is 476 g/mol. The van der Waals surface area contributed by atoms with Crippen molar-refractivity contribution in [1.82, 2.24) is 5.43 Å². The van der Waals surface area contributed by atoms with Crippen LogP contribution in [0.2, 0.25) is 0 Å². The quantitative estimate of drug-likeness (QED) is 0.414. The lowest BCUT2D eigenvalue weighted by Gasteiger charge is -2.09. The van der Waals surface area contributed by atoms with Crippen molar-refractivity contribution < 1.29 is 17.6 Å². The fourth-order valence-electron chi connectivity index (χ4n) is 2.32. The Labute approximate surface area is 175 Å². The Morgan fingerprint density at radius 2 is 1.62 bits per heavy atom. The largest absolute Gasteiger partial charge is 0.280 e. The van der Waals surface area contributed by atoms with E-state index in [4.69, 9.17) is 0 Å². The van der Waals surface area contributed by atoms with Crippen LogP contribution >= 0.6 is 15.9 Å². The van der Waals surface area contributed by atoms with Crippen LogP contribution in [0.5, 0.6) is 0 Å². The van der Waals surface area contributed by atoms with Gasteiger partial charge in [0.1, 0.15) is 5.82 Å². The molecule has 148 valence electrons. The number of hydrazone groups is 1. The molecule has 6 nitrogen and oxygen atoms in total. The molecule has 3 aromatic rings. The van der Waals surface area contributed by atoms with Gasteiger partial charge < -0.3 is 0 Å². The molecule has 9 heteroatoms. The van der Waals surface area contributed by atoms with Crippen LogP contribution in [-0.2, 0) is 10.0 Å². The molecule has 29 heavy (non-hydrogen) atoms. The molecule has 0 atom stereocenters. The van der Waals surface area contributed by atoms with E-state index in [9.17, 15) is 17.6 Å². The molecule has 0 saturated heterocycles. The number of rotatable bonds is 6. The maximum Gasteiger partial charge on any atom is 0.271 e. The van der Waals surface area contributed by atoms with E-state index >= 15 is 0 Å². The summed E-state index contributed by atoms with van der Waals surface area (Å²) in [4.78, 5) is 12.2. The third kappa shape index (κ3) is 5.49. The minimum absolute atomic E-state index is 0.116. The SMILES string of the molecule is O=C(N/N=C/c1ccccc1F)c1ccc(NS(=O)(=O)c2ccc(Br)cc2)cc1. The zero-order valence-corrected chi connectivity index (χ0v) is 17.2. The van der Waals surface area contributed by atoms with Gasteiger partial charge in [-0.3, -0.25) is 9.52 Å². The Bertz CT molecular complexity index is 1150. The standard InChI is InChI=1S/C20H15BrFN3O3S/c21-16-7-11-18(12-8-16)29(27,28)25-17-9-5-14(6-10-17)20(26)24-23-13-15-3-1-2-4-19(15)22/h1-13,25H,(H,24,26)/b23-13+. The number of nitrogens with one attached hydrogen (secondary N) is 2. The number of hydrogen-bond acceptors (Lipinski definition) is 4. The highest BCUT2D eigenvalue weighted by Crippen LogP contribution is 2.19. The van der Waals surface area contributed by atoms with Crippen molar-refractivity contribution in [3.05, 3.63) is 94.2 Å². The van der Waals surface area contributed by atoms with Gasteiger partial charge >= 0.3 is 0 Å². The fourth-order valence-corrected chi connectivity index (χ4v) is 3.65. The number of benzene rings is 3. The summed E-state index contributed by atoms with van der Waals surface area (Å²) in [6, 6.07) is 18.1. The van der Waals surface area contributed by atoms with E-state index in [1.807, 2.05) is 0 Å². The molecule has 0 unspecified atom stereocenters. The van der Waals surface area contributed by atoms with Crippen LogP contribution in [0.3, 0.4) is 0 Å². The first-order valence-corrected chi connectivity index (χ1v) is 10.6. The number of anilines is 1. The number of carbonyl (C=O) groups is 1. The molecular weight excluding hydrogens is 461 g/mol. The maximum absolute atomic E-state index is 13.5. The molecule has 0 bridgehead atoms. The lowest BCUT2D eigenvalue weighted by atomic mass is 10.2. The highest BCUT2D eigenvalue weighted by Gasteiger charge is 2.14. The molecule has 0 heterocycles. The first-order valence-electron chi connectivity index (χ1n) is 8.31. The molecule has 0 fully saturated rings.